The van der Waals surface area contributed by atoms with E-state index in [0.717, 1.165) is 34.0 Å². The largest absolute Gasteiger partial charge is 0.486 e. The molecule has 2 aliphatic rings. The van der Waals surface area contributed by atoms with Crippen molar-refractivity contribution in [2.24, 2.45) is 5.92 Å². The molecule has 1 N–H and O–H groups in total. The Kier molecular flexibility index (Phi) is 2.74. The molecule has 0 bridgehead atoms. The van der Waals surface area contributed by atoms with E-state index in [9.17, 15) is 0 Å². The van der Waals surface area contributed by atoms with Crippen LogP contribution in [-0.4, -0.2) is 23.7 Å². The van der Waals surface area contributed by atoms with Gasteiger partial charge in [-0.1, -0.05) is 0 Å². The molecule has 1 aliphatic carbocycles. The van der Waals surface area contributed by atoms with E-state index in [-0.39, 0.29) is 5.54 Å². The Labute approximate surface area is 124 Å². The van der Waals surface area contributed by atoms with E-state index < -0.39 is 0 Å². The molecule has 21 heavy (non-hydrogen) atoms. The zero-order chi connectivity index (χ0) is 14.4. The van der Waals surface area contributed by atoms with Gasteiger partial charge < -0.3 is 14.8 Å². The van der Waals surface area contributed by atoms with Crippen molar-refractivity contribution in [1.82, 2.24) is 4.98 Å². The monoisotopic (exact) mass is 284 g/mol. The van der Waals surface area contributed by atoms with Gasteiger partial charge in [-0.05, 0) is 56.2 Å². The minimum atomic E-state index is 0.0779. The van der Waals surface area contributed by atoms with E-state index in [1.807, 2.05) is 24.4 Å². The van der Waals surface area contributed by atoms with Crippen LogP contribution in [0.1, 0.15) is 26.7 Å². The number of ether oxygens (including phenoxy) is 2. The fourth-order valence-corrected chi connectivity index (χ4v) is 3.02. The van der Waals surface area contributed by atoms with Crippen molar-refractivity contribution in [2.75, 3.05) is 18.5 Å². The Hall–Kier alpha value is -1.97. The molecule has 0 atom stereocenters. The summed E-state index contributed by atoms with van der Waals surface area (Å²) in [5, 5.41) is 5.84. The minimum Gasteiger partial charge on any atom is -0.486 e. The lowest BCUT2D eigenvalue weighted by Gasteiger charge is -2.28. The molecule has 2 aromatic rings. The van der Waals surface area contributed by atoms with Gasteiger partial charge >= 0.3 is 0 Å². The third-order valence-corrected chi connectivity index (χ3v) is 4.47. The Morgan fingerprint density at radius 2 is 1.86 bits per heavy atom. The van der Waals surface area contributed by atoms with Crippen molar-refractivity contribution >= 4 is 16.6 Å². The van der Waals surface area contributed by atoms with Crippen LogP contribution in [0.2, 0.25) is 0 Å². The van der Waals surface area contributed by atoms with Gasteiger partial charge in [0.25, 0.3) is 0 Å². The second kappa shape index (κ2) is 4.52. The van der Waals surface area contributed by atoms with Crippen LogP contribution >= 0.6 is 0 Å². The van der Waals surface area contributed by atoms with Gasteiger partial charge in [-0.3, -0.25) is 0 Å². The number of hydrogen-bond acceptors (Lipinski definition) is 4. The molecule has 110 valence electrons. The highest BCUT2D eigenvalue weighted by Gasteiger charge is 2.38. The van der Waals surface area contributed by atoms with E-state index in [0.29, 0.717) is 13.2 Å². The van der Waals surface area contributed by atoms with E-state index in [2.05, 4.69) is 24.1 Å². The number of benzene rings is 1. The fraction of sp³-hybridized carbons (Fsp3) is 0.471. The zero-order valence-electron chi connectivity index (χ0n) is 12.5. The maximum absolute atomic E-state index is 5.70. The predicted molar refractivity (Wildman–Crippen MR) is 83.2 cm³/mol. The molecule has 0 amide bonds. The highest BCUT2D eigenvalue weighted by atomic mass is 16.6. The van der Waals surface area contributed by atoms with Crippen LogP contribution in [0.15, 0.2) is 24.4 Å². The van der Waals surface area contributed by atoms with Gasteiger partial charge in [-0.2, -0.15) is 0 Å². The normalized spacial score (nSPS) is 17.8. The fourth-order valence-electron chi connectivity index (χ4n) is 3.02. The number of hydrogen-bond donors (Lipinski definition) is 1. The molecule has 0 saturated heterocycles. The summed E-state index contributed by atoms with van der Waals surface area (Å²) in [6.45, 7) is 5.73. The topological polar surface area (TPSA) is 43.4 Å². The third-order valence-electron chi connectivity index (χ3n) is 4.47. The number of anilines is 1. The van der Waals surface area contributed by atoms with Crippen LogP contribution in [0.5, 0.6) is 11.5 Å². The molecule has 4 heteroatoms. The molecule has 1 aliphatic heterocycles. The lowest BCUT2D eigenvalue weighted by molar-refractivity contribution is 0.172. The predicted octanol–water partition coefficient (Wildman–Crippen LogP) is 3.61. The highest BCUT2D eigenvalue weighted by Crippen LogP contribution is 2.42. The summed E-state index contributed by atoms with van der Waals surface area (Å²) < 4.78 is 11.4. The third kappa shape index (κ3) is 2.28. The first-order chi connectivity index (χ1) is 10.1. The van der Waals surface area contributed by atoms with Crippen LogP contribution in [0.25, 0.3) is 10.8 Å². The molecular formula is C17H20N2O2. The maximum Gasteiger partial charge on any atom is 0.162 e. The molecule has 4 nitrogen and oxygen atoms in total. The highest BCUT2D eigenvalue weighted by molar-refractivity contribution is 5.94. The van der Waals surface area contributed by atoms with Crippen LogP contribution in [-0.2, 0) is 0 Å². The van der Waals surface area contributed by atoms with Crippen LogP contribution in [0, 0.1) is 5.92 Å². The van der Waals surface area contributed by atoms with Gasteiger partial charge in [-0.25, -0.2) is 4.98 Å². The summed E-state index contributed by atoms with van der Waals surface area (Å²) in [5.41, 5.74) is 0.0779. The van der Waals surface area contributed by atoms with Crippen molar-refractivity contribution in [3.63, 3.8) is 0 Å². The molecule has 1 aromatic carbocycles. The molecular weight excluding hydrogens is 264 g/mol. The summed E-state index contributed by atoms with van der Waals surface area (Å²) in [5.74, 6) is 3.31. The second-order valence-electron chi connectivity index (χ2n) is 6.50. The summed E-state index contributed by atoms with van der Waals surface area (Å²) in [4.78, 5) is 4.54. The molecule has 0 spiro atoms. The molecule has 4 rings (SSSR count). The zero-order valence-corrected chi connectivity index (χ0v) is 12.5. The lowest BCUT2D eigenvalue weighted by atomic mass is 9.98. The van der Waals surface area contributed by atoms with Crippen molar-refractivity contribution in [3.05, 3.63) is 24.4 Å². The molecule has 2 heterocycles. The van der Waals surface area contributed by atoms with Crippen LogP contribution in [0.4, 0.5) is 5.82 Å². The van der Waals surface area contributed by atoms with Gasteiger partial charge in [0.05, 0.1) is 0 Å². The first kappa shape index (κ1) is 12.7. The smallest absolute Gasteiger partial charge is 0.162 e. The SMILES string of the molecule is CC(C)(Nc1nccc2cc3c(cc12)OCCO3)C1CC1. The number of aromatic nitrogens is 1. The van der Waals surface area contributed by atoms with Crippen LogP contribution in [0.3, 0.4) is 0 Å². The van der Waals surface area contributed by atoms with Gasteiger partial charge in [0.15, 0.2) is 11.5 Å². The Balaban J connectivity index is 1.78. The van der Waals surface area contributed by atoms with Gasteiger partial charge in [0.2, 0.25) is 0 Å². The number of nitrogens with one attached hydrogen (secondary N) is 1. The summed E-state index contributed by atoms with van der Waals surface area (Å²) in [6, 6.07) is 6.10. The summed E-state index contributed by atoms with van der Waals surface area (Å²) >= 11 is 0. The molecule has 1 aromatic heterocycles. The van der Waals surface area contributed by atoms with Crippen LogP contribution < -0.4 is 14.8 Å². The first-order valence-electron chi connectivity index (χ1n) is 7.60. The van der Waals surface area contributed by atoms with Crippen molar-refractivity contribution in [1.29, 1.82) is 0 Å². The van der Waals surface area contributed by atoms with Gasteiger partial charge in [0, 0.05) is 17.1 Å². The van der Waals surface area contributed by atoms with Crippen molar-refractivity contribution in [3.8, 4) is 11.5 Å². The van der Waals surface area contributed by atoms with E-state index >= 15 is 0 Å². The van der Waals surface area contributed by atoms with Gasteiger partial charge in [-0.15, -0.1) is 0 Å². The average Bonchev–Trinajstić information content (AvgIpc) is 3.30. The second-order valence-corrected chi connectivity index (χ2v) is 6.50. The lowest BCUT2D eigenvalue weighted by Crippen LogP contribution is -2.33. The average molecular weight is 284 g/mol. The number of fused-ring (bicyclic) bond motifs is 2. The van der Waals surface area contributed by atoms with Crippen molar-refractivity contribution < 1.29 is 9.47 Å². The molecule has 1 saturated carbocycles. The molecule has 0 unspecified atom stereocenters. The first-order valence-corrected chi connectivity index (χ1v) is 7.60. The molecule has 0 radical (unpaired) electrons. The number of pyridine rings is 1. The maximum atomic E-state index is 5.70. The van der Waals surface area contributed by atoms with E-state index in [4.69, 9.17) is 9.47 Å². The number of rotatable bonds is 3. The van der Waals surface area contributed by atoms with E-state index in [1.165, 1.54) is 12.8 Å². The Morgan fingerprint density at radius 1 is 1.14 bits per heavy atom. The minimum absolute atomic E-state index is 0.0779. The summed E-state index contributed by atoms with van der Waals surface area (Å²) in [6.07, 6.45) is 4.46. The van der Waals surface area contributed by atoms with Gasteiger partial charge in [0.1, 0.15) is 19.0 Å². The standard InChI is InChI=1S/C17H20N2O2/c1-17(2,12-3-4-12)19-16-13-10-15-14(20-7-8-21-15)9-11(13)5-6-18-16/h5-6,9-10,12H,3-4,7-8H2,1-2H3,(H,18,19). The Morgan fingerprint density at radius 3 is 2.57 bits per heavy atom. The van der Waals surface area contributed by atoms with E-state index in [1.54, 1.807) is 0 Å². The Bertz CT molecular complexity index is 692. The quantitative estimate of drug-likeness (QED) is 0.935. The number of nitrogens with zero attached hydrogens (tertiary/aromatic N) is 1. The molecule has 1 fully saturated rings. The van der Waals surface area contributed by atoms with Crippen molar-refractivity contribution in [2.45, 2.75) is 32.2 Å². The summed E-state index contributed by atoms with van der Waals surface area (Å²) in [7, 11) is 0.